The second-order valence-electron chi connectivity index (χ2n) is 3.80. The molecule has 0 saturated heterocycles. The SMILES string of the molecule is COC(=O)Cc1ccc2c(c1)OCC(=O)N2C. The van der Waals surface area contributed by atoms with E-state index in [0.717, 1.165) is 11.3 Å². The third kappa shape index (κ3) is 2.22. The monoisotopic (exact) mass is 235 g/mol. The summed E-state index contributed by atoms with van der Waals surface area (Å²) in [6.45, 7) is 0.0329. The quantitative estimate of drug-likeness (QED) is 0.710. The van der Waals surface area contributed by atoms with E-state index in [-0.39, 0.29) is 24.9 Å². The first-order valence-electron chi connectivity index (χ1n) is 5.21. The maximum absolute atomic E-state index is 11.4. The number of benzene rings is 1. The lowest BCUT2D eigenvalue weighted by Gasteiger charge is -2.26. The molecular weight excluding hydrogens is 222 g/mol. The Bertz CT molecular complexity index is 470. The molecule has 1 aliphatic heterocycles. The largest absolute Gasteiger partial charge is 0.482 e. The molecule has 5 nitrogen and oxygen atoms in total. The zero-order valence-electron chi connectivity index (χ0n) is 9.73. The van der Waals surface area contributed by atoms with Crippen molar-refractivity contribution in [2.45, 2.75) is 6.42 Å². The zero-order valence-corrected chi connectivity index (χ0v) is 9.73. The molecule has 0 aliphatic carbocycles. The molecule has 1 aliphatic rings. The van der Waals surface area contributed by atoms with Gasteiger partial charge in [0, 0.05) is 7.05 Å². The molecule has 0 spiro atoms. The van der Waals surface area contributed by atoms with E-state index in [2.05, 4.69) is 4.74 Å². The lowest BCUT2D eigenvalue weighted by atomic mass is 10.1. The minimum absolute atomic E-state index is 0.0329. The summed E-state index contributed by atoms with van der Waals surface area (Å²) in [7, 11) is 3.05. The summed E-state index contributed by atoms with van der Waals surface area (Å²) in [6, 6.07) is 5.31. The molecule has 0 bridgehead atoms. The minimum Gasteiger partial charge on any atom is -0.482 e. The fraction of sp³-hybridized carbons (Fsp3) is 0.333. The van der Waals surface area contributed by atoms with Crippen LogP contribution >= 0.6 is 0 Å². The molecule has 90 valence electrons. The van der Waals surface area contributed by atoms with Crippen LogP contribution in [-0.4, -0.2) is 32.6 Å². The summed E-state index contributed by atoms with van der Waals surface area (Å²) in [5, 5.41) is 0. The van der Waals surface area contributed by atoms with E-state index < -0.39 is 0 Å². The van der Waals surface area contributed by atoms with Crippen molar-refractivity contribution in [3.8, 4) is 5.75 Å². The van der Waals surface area contributed by atoms with Gasteiger partial charge in [-0.15, -0.1) is 0 Å². The fourth-order valence-electron chi connectivity index (χ4n) is 1.67. The average molecular weight is 235 g/mol. The van der Waals surface area contributed by atoms with Gasteiger partial charge < -0.3 is 14.4 Å². The lowest BCUT2D eigenvalue weighted by Crippen LogP contribution is -2.35. The van der Waals surface area contributed by atoms with Gasteiger partial charge in [-0.25, -0.2) is 0 Å². The number of hydrogen-bond acceptors (Lipinski definition) is 4. The third-order valence-electron chi connectivity index (χ3n) is 2.69. The van der Waals surface area contributed by atoms with Gasteiger partial charge in [-0.2, -0.15) is 0 Å². The number of esters is 1. The number of amides is 1. The maximum Gasteiger partial charge on any atom is 0.309 e. The van der Waals surface area contributed by atoms with E-state index in [0.29, 0.717) is 5.75 Å². The van der Waals surface area contributed by atoms with Gasteiger partial charge in [0.05, 0.1) is 19.2 Å². The van der Waals surface area contributed by atoms with Gasteiger partial charge in [0.15, 0.2) is 6.61 Å². The number of hydrogen-bond donors (Lipinski definition) is 0. The van der Waals surface area contributed by atoms with Crippen molar-refractivity contribution in [1.82, 2.24) is 0 Å². The highest BCUT2D eigenvalue weighted by Crippen LogP contribution is 2.32. The van der Waals surface area contributed by atoms with Gasteiger partial charge in [-0.3, -0.25) is 9.59 Å². The Morgan fingerprint density at radius 2 is 2.29 bits per heavy atom. The van der Waals surface area contributed by atoms with Gasteiger partial charge in [0.25, 0.3) is 5.91 Å². The Labute approximate surface area is 98.9 Å². The predicted octanol–water partition coefficient (Wildman–Crippen LogP) is 0.757. The molecule has 17 heavy (non-hydrogen) atoms. The Hall–Kier alpha value is -2.04. The summed E-state index contributed by atoms with van der Waals surface area (Å²) in [5.74, 6) is 0.233. The number of nitrogens with zero attached hydrogens (tertiary/aromatic N) is 1. The number of likely N-dealkylation sites (N-methyl/N-ethyl adjacent to an activating group) is 1. The number of fused-ring (bicyclic) bond motifs is 1. The molecule has 0 N–H and O–H groups in total. The Morgan fingerprint density at radius 1 is 1.53 bits per heavy atom. The Balaban J connectivity index is 2.26. The average Bonchev–Trinajstić information content (AvgIpc) is 2.34. The normalized spacial score (nSPS) is 14.0. The van der Waals surface area contributed by atoms with Crippen molar-refractivity contribution >= 4 is 17.6 Å². The van der Waals surface area contributed by atoms with Crippen molar-refractivity contribution in [2.75, 3.05) is 25.7 Å². The van der Waals surface area contributed by atoms with E-state index in [1.165, 1.54) is 7.11 Å². The van der Waals surface area contributed by atoms with Crippen LogP contribution in [0.5, 0.6) is 5.75 Å². The van der Waals surface area contributed by atoms with Crippen molar-refractivity contribution in [1.29, 1.82) is 0 Å². The van der Waals surface area contributed by atoms with Crippen molar-refractivity contribution in [3.63, 3.8) is 0 Å². The Morgan fingerprint density at radius 3 is 3.00 bits per heavy atom. The molecule has 0 atom stereocenters. The van der Waals surface area contributed by atoms with Gasteiger partial charge >= 0.3 is 5.97 Å². The number of carbonyl (C=O) groups excluding carboxylic acids is 2. The molecule has 1 aromatic rings. The molecule has 5 heteroatoms. The maximum atomic E-state index is 11.4. The Kier molecular flexibility index (Phi) is 2.99. The molecule has 0 aromatic heterocycles. The highest BCUT2D eigenvalue weighted by atomic mass is 16.5. The van der Waals surface area contributed by atoms with Crippen LogP contribution in [0, 0.1) is 0 Å². The standard InChI is InChI=1S/C12H13NO4/c1-13-9-4-3-8(6-12(15)16-2)5-10(9)17-7-11(13)14/h3-5H,6-7H2,1-2H3. The smallest absolute Gasteiger partial charge is 0.309 e. The first kappa shape index (κ1) is 11.4. The molecular formula is C12H13NO4. The van der Waals surface area contributed by atoms with E-state index in [4.69, 9.17) is 4.74 Å². The molecule has 1 amide bonds. The van der Waals surface area contributed by atoms with Gasteiger partial charge in [0.1, 0.15) is 5.75 Å². The van der Waals surface area contributed by atoms with Crippen LogP contribution < -0.4 is 9.64 Å². The topological polar surface area (TPSA) is 55.8 Å². The van der Waals surface area contributed by atoms with Crippen LogP contribution in [0.3, 0.4) is 0 Å². The highest BCUT2D eigenvalue weighted by molar-refractivity contribution is 5.97. The summed E-state index contributed by atoms with van der Waals surface area (Å²) >= 11 is 0. The lowest BCUT2D eigenvalue weighted by molar-refractivity contribution is -0.139. The number of rotatable bonds is 2. The first-order valence-corrected chi connectivity index (χ1v) is 5.21. The molecule has 1 heterocycles. The van der Waals surface area contributed by atoms with Crippen LogP contribution in [0.25, 0.3) is 0 Å². The van der Waals surface area contributed by atoms with E-state index in [1.807, 2.05) is 0 Å². The molecule has 1 aromatic carbocycles. The molecule has 0 radical (unpaired) electrons. The zero-order chi connectivity index (χ0) is 12.4. The molecule has 0 fully saturated rings. The molecule has 2 rings (SSSR count). The number of ether oxygens (including phenoxy) is 2. The summed E-state index contributed by atoms with van der Waals surface area (Å²) < 4.78 is 9.91. The van der Waals surface area contributed by atoms with Crippen LogP contribution in [0.2, 0.25) is 0 Å². The summed E-state index contributed by atoms with van der Waals surface area (Å²) in [5.41, 5.74) is 1.52. The minimum atomic E-state index is -0.301. The van der Waals surface area contributed by atoms with Crippen LogP contribution in [0.15, 0.2) is 18.2 Å². The molecule has 0 saturated carbocycles. The van der Waals surface area contributed by atoms with Crippen LogP contribution in [-0.2, 0) is 20.7 Å². The number of anilines is 1. The van der Waals surface area contributed by atoms with Gasteiger partial charge in [0.2, 0.25) is 0 Å². The van der Waals surface area contributed by atoms with Crippen molar-refractivity contribution in [3.05, 3.63) is 23.8 Å². The third-order valence-corrected chi connectivity index (χ3v) is 2.69. The van der Waals surface area contributed by atoms with E-state index >= 15 is 0 Å². The first-order chi connectivity index (χ1) is 8.11. The second-order valence-corrected chi connectivity index (χ2v) is 3.80. The van der Waals surface area contributed by atoms with Crippen molar-refractivity contribution < 1.29 is 19.1 Å². The molecule has 0 unspecified atom stereocenters. The van der Waals surface area contributed by atoms with Gasteiger partial charge in [-0.1, -0.05) is 6.07 Å². The predicted molar refractivity (Wildman–Crippen MR) is 61.1 cm³/mol. The van der Waals surface area contributed by atoms with Crippen LogP contribution in [0.1, 0.15) is 5.56 Å². The van der Waals surface area contributed by atoms with Crippen molar-refractivity contribution in [2.24, 2.45) is 0 Å². The summed E-state index contributed by atoms with van der Waals surface area (Å²) in [6.07, 6.45) is 0.199. The van der Waals surface area contributed by atoms with E-state index in [9.17, 15) is 9.59 Å². The van der Waals surface area contributed by atoms with Crippen LogP contribution in [0.4, 0.5) is 5.69 Å². The number of methoxy groups -OCH3 is 1. The van der Waals surface area contributed by atoms with Gasteiger partial charge in [-0.05, 0) is 17.7 Å². The second kappa shape index (κ2) is 4.45. The fourth-order valence-corrected chi connectivity index (χ4v) is 1.67. The summed E-state index contributed by atoms with van der Waals surface area (Å²) in [4.78, 5) is 24.1. The highest BCUT2D eigenvalue weighted by Gasteiger charge is 2.22. The van der Waals surface area contributed by atoms with E-state index in [1.54, 1.807) is 30.1 Å². The number of carbonyl (C=O) groups is 2.